The van der Waals surface area contributed by atoms with Gasteiger partial charge in [0.1, 0.15) is 0 Å². The third kappa shape index (κ3) is 2.78. The average molecular weight is 224 g/mol. The molecule has 2 heteroatoms. The molecule has 1 aliphatic carbocycles. The van der Waals surface area contributed by atoms with Crippen molar-refractivity contribution in [3.05, 3.63) is 0 Å². The quantitative estimate of drug-likeness (QED) is 0.781. The lowest BCUT2D eigenvalue weighted by molar-refractivity contribution is 0.0571. The summed E-state index contributed by atoms with van der Waals surface area (Å²) in [4.78, 5) is 2.75. The highest BCUT2D eigenvalue weighted by atomic mass is 15.2. The fourth-order valence-corrected chi connectivity index (χ4v) is 3.78. The molecule has 1 saturated carbocycles. The molecule has 0 spiro atoms. The Morgan fingerprint density at radius 1 is 1.19 bits per heavy atom. The first-order valence-electron chi connectivity index (χ1n) is 7.14. The van der Waals surface area contributed by atoms with Crippen LogP contribution in [0.15, 0.2) is 0 Å². The van der Waals surface area contributed by atoms with E-state index in [-0.39, 0.29) is 0 Å². The van der Waals surface area contributed by atoms with Gasteiger partial charge in [0, 0.05) is 12.6 Å². The van der Waals surface area contributed by atoms with Crippen molar-refractivity contribution in [2.24, 2.45) is 23.5 Å². The second kappa shape index (κ2) is 5.50. The molecule has 1 saturated heterocycles. The fourth-order valence-electron chi connectivity index (χ4n) is 3.78. The van der Waals surface area contributed by atoms with Crippen molar-refractivity contribution in [1.29, 1.82) is 0 Å². The predicted molar refractivity (Wildman–Crippen MR) is 69.3 cm³/mol. The van der Waals surface area contributed by atoms with E-state index < -0.39 is 0 Å². The average Bonchev–Trinajstić information content (AvgIpc) is 2.29. The molecule has 0 bridgehead atoms. The largest absolute Gasteiger partial charge is 0.330 e. The third-order valence-corrected chi connectivity index (χ3v) is 4.74. The summed E-state index contributed by atoms with van der Waals surface area (Å²) in [7, 11) is 0. The summed E-state index contributed by atoms with van der Waals surface area (Å²) in [5.41, 5.74) is 5.83. The van der Waals surface area contributed by atoms with Crippen molar-refractivity contribution < 1.29 is 0 Å². The van der Waals surface area contributed by atoms with E-state index in [1.165, 1.54) is 45.2 Å². The van der Waals surface area contributed by atoms with Gasteiger partial charge >= 0.3 is 0 Å². The van der Waals surface area contributed by atoms with Gasteiger partial charge < -0.3 is 5.73 Å². The highest BCUT2D eigenvalue weighted by Crippen LogP contribution is 2.33. The highest BCUT2D eigenvalue weighted by molar-refractivity contribution is 4.86. The second-order valence-corrected chi connectivity index (χ2v) is 6.20. The van der Waals surface area contributed by atoms with E-state index in [0.717, 1.165) is 30.3 Å². The molecule has 2 aliphatic rings. The molecule has 94 valence electrons. The number of nitrogens with zero attached hydrogens (tertiary/aromatic N) is 1. The van der Waals surface area contributed by atoms with E-state index >= 15 is 0 Å². The Kier molecular flexibility index (Phi) is 4.26. The van der Waals surface area contributed by atoms with Gasteiger partial charge in [-0.25, -0.2) is 0 Å². The van der Waals surface area contributed by atoms with Crippen LogP contribution in [0.1, 0.15) is 46.0 Å². The van der Waals surface area contributed by atoms with Crippen LogP contribution in [0.4, 0.5) is 0 Å². The van der Waals surface area contributed by atoms with E-state index in [2.05, 4.69) is 18.7 Å². The Bertz CT molecular complexity index is 217. The lowest BCUT2D eigenvalue weighted by Crippen LogP contribution is -2.48. The van der Waals surface area contributed by atoms with Crippen molar-refractivity contribution >= 4 is 0 Å². The molecule has 0 amide bonds. The molecule has 2 nitrogen and oxygen atoms in total. The molecule has 1 heterocycles. The van der Waals surface area contributed by atoms with Crippen molar-refractivity contribution in [2.45, 2.75) is 52.0 Å². The minimum absolute atomic E-state index is 0.764. The zero-order valence-corrected chi connectivity index (χ0v) is 11.0. The van der Waals surface area contributed by atoms with Gasteiger partial charge in [-0.05, 0) is 62.9 Å². The number of rotatable bonds is 2. The fraction of sp³-hybridized carbons (Fsp3) is 1.00. The zero-order chi connectivity index (χ0) is 11.5. The number of hydrogen-bond donors (Lipinski definition) is 1. The number of hydrogen-bond acceptors (Lipinski definition) is 2. The van der Waals surface area contributed by atoms with Crippen molar-refractivity contribution in [2.75, 3.05) is 19.6 Å². The zero-order valence-electron chi connectivity index (χ0n) is 11.0. The molecule has 2 fully saturated rings. The molecular formula is C14H28N2. The van der Waals surface area contributed by atoms with Gasteiger partial charge in [0.05, 0.1) is 0 Å². The Balaban J connectivity index is 1.90. The molecule has 0 aromatic carbocycles. The van der Waals surface area contributed by atoms with E-state index in [0.29, 0.717) is 0 Å². The first kappa shape index (κ1) is 12.4. The van der Waals surface area contributed by atoms with E-state index in [9.17, 15) is 0 Å². The van der Waals surface area contributed by atoms with Gasteiger partial charge in [0.25, 0.3) is 0 Å². The van der Waals surface area contributed by atoms with Gasteiger partial charge in [-0.1, -0.05) is 13.8 Å². The van der Waals surface area contributed by atoms with Gasteiger partial charge in [0.2, 0.25) is 0 Å². The summed E-state index contributed by atoms with van der Waals surface area (Å²) >= 11 is 0. The van der Waals surface area contributed by atoms with Crippen LogP contribution in [-0.2, 0) is 0 Å². The van der Waals surface area contributed by atoms with Crippen molar-refractivity contribution in [1.82, 2.24) is 4.90 Å². The standard InChI is InChI=1S/C14H28N2/c1-11-5-6-14(12(2)8-11)16-7-3-4-13(9-15)10-16/h11-14H,3-10,15H2,1-2H3. The van der Waals surface area contributed by atoms with Crippen LogP contribution in [0.2, 0.25) is 0 Å². The SMILES string of the molecule is CC1CCC(N2CCCC(CN)C2)C(C)C1. The number of nitrogens with two attached hydrogens (primary N) is 1. The van der Waals surface area contributed by atoms with Crippen LogP contribution < -0.4 is 5.73 Å². The summed E-state index contributed by atoms with van der Waals surface area (Å²) in [6, 6.07) is 0.852. The summed E-state index contributed by atoms with van der Waals surface area (Å²) in [6.45, 7) is 8.33. The molecule has 4 atom stereocenters. The lowest BCUT2D eigenvalue weighted by atomic mass is 9.78. The van der Waals surface area contributed by atoms with E-state index in [4.69, 9.17) is 5.73 Å². The summed E-state index contributed by atoms with van der Waals surface area (Å²) in [6.07, 6.45) is 6.98. The van der Waals surface area contributed by atoms with Crippen LogP contribution in [0.3, 0.4) is 0 Å². The molecule has 2 rings (SSSR count). The third-order valence-electron chi connectivity index (χ3n) is 4.74. The van der Waals surface area contributed by atoms with Crippen molar-refractivity contribution in [3.8, 4) is 0 Å². The van der Waals surface area contributed by atoms with Gasteiger partial charge in [-0.15, -0.1) is 0 Å². The van der Waals surface area contributed by atoms with Crippen LogP contribution in [0, 0.1) is 17.8 Å². The van der Waals surface area contributed by atoms with Crippen LogP contribution in [-0.4, -0.2) is 30.6 Å². The predicted octanol–water partition coefficient (Wildman–Crippen LogP) is 2.48. The maximum absolute atomic E-state index is 5.83. The normalized spacial score (nSPS) is 42.2. The number of likely N-dealkylation sites (tertiary alicyclic amines) is 1. The van der Waals surface area contributed by atoms with Crippen LogP contribution in [0.5, 0.6) is 0 Å². The maximum Gasteiger partial charge on any atom is 0.0121 e. The molecule has 0 radical (unpaired) electrons. The Morgan fingerprint density at radius 3 is 2.69 bits per heavy atom. The van der Waals surface area contributed by atoms with Gasteiger partial charge in [-0.3, -0.25) is 4.90 Å². The Morgan fingerprint density at radius 2 is 2.00 bits per heavy atom. The lowest BCUT2D eigenvalue weighted by Gasteiger charge is -2.44. The van der Waals surface area contributed by atoms with Crippen LogP contribution >= 0.6 is 0 Å². The first-order valence-corrected chi connectivity index (χ1v) is 7.14. The Hall–Kier alpha value is -0.0800. The molecule has 16 heavy (non-hydrogen) atoms. The maximum atomic E-state index is 5.83. The smallest absolute Gasteiger partial charge is 0.0121 e. The number of piperidine rings is 1. The molecule has 2 N–H and O–H groups in total. The molecule has 0 aromatic rings. The minimum atomic E-state index is 0.764. The molecule has 0 aromatic heterocycles. The first-order chi connectivity index (χ1) is 7.70. The monoisotopic (exact) mass is 224 g/mol. The van der Waals surface area contributed by atoms with Crippen molar-refractivity contribution in [3.63, 3.8) is 0 Å². The Labute approximate surface area is 101 Å². The molecule has 4 unspecified atom stereocenters. The highest BCUT2D eigenvalue weighted by Gasteiger charge is 2.32. The van der Waals surface area contributed by atoms with E-state index in [1.807, 2.05) is 0 Å². The van der Waals surface area contributed by atoms with E-state index in [1.54, 1.807) is 0 Å². The molecule has 1 aliphatic heterocycles. The summed E-state index contributed by atoms with van der Waals surface area (Å²) in [5, 5.41) is 0. The van der Waals surface area contributed by atoms with Gasteiger partial charge in [0.15, 0.2) is 0 Å². The van der Waals surface area contributed by atoms with Crippen LogP contribution in [0.25, 0.3) is 0 Å². The summed E-state index contributed by atoms with van der Waals surface area (Å²) in [5.74, 6) is 2.60. The van der Waals surface area contributed by atoms with Gasteiger partial charge in [-0.2, -0.15) is 0 Å². The topological polar surface area (TPSA) is 29.3 Å². The molecular weight excluding hydrogens is 196 g/mol. The minimum Gasteiger partial charge on any atom is -0.330 e. The summed E-state index contributed by atoms with van der Waals surface area (Å²) < 4.78 is 0. The second-order valence-electron chi connectivity index (χ2n) is 6.20.